The number of allylic oxidation sites excluding steroid dienone is 2. The highest BCUT2D eigenvalue weighted by molar-refractivity contribution is 7.47. The number of hydrogen-bond donors (Lipinski definition) is 3. The highest BCUT2D eigenvalue weighted by atomic mass is 31.2. The number of hydrogen-bond acceptors (Lipinski definition) is 8. The van der Waals surface area contributed by atoms with Crippen LogP contribution >= 0.6 is 7.82 Å². The zero-order chi connectivity index (χ0) is 43.9. The van der Waals surface area contributed by atoms with Gasteiger partial charge in [-0.05, 0) is 38.5 Å². The molecule has 0 rings (SSSR count). The van der Waals surface area contributed by atoms with Gasteiger partial charge in [-0.3, -0.25) is 13.8 Å². The number of aliphatic hydroxyl groups excluding tert-OH is 2. The smallest absolute Gasteiger partial charge is 0.457 e. The Morgan fingerprint density at radius 3 is 1.25 bits per heavy atom. The molecule has 0 aliphatic carbocycles. The Bertz CT molecular complexity index is 949. The number of carbonyl (C=O) groups excluding carboxylic acids is 1. The summed E-state index contributed by atoms with van der Waals surface area (Å²) in [6.45, 7) is 3.58. The lowest BCUT2D eigenvalue weighted by Gasteiger charge is -2.20. The normalized spacial score (nSPS) is 13.9. The molecule has 0 fully saturated rings. The van der Waals surface area contributed by atoms with Crippen molar-refractivity contribution < 1.29 is 43.0 Å². The first-order valence-corrected chi connectivity index (χ1v) is 27.2. The summed E-state index contributed by atoms with van der Waals surface area (Å²) in [7, 11) is -4.52. The van der Waals surface area contributed by atoms with Gasteiger partial charge in [0.25, 0.3) is 0 Å². The molecule has 358 valence electrons. The van der Waals surface area contributed by atoms with E-state index in [2.05, 4.69) is 26.0 Å². The van der Waals surface area contributed by atoms with Gasteiger partial charge in [-0.2, -0.15) is 0 Å². The van der Waals surface area contributed by atoms with Gasteiger partial charge in [-0.15, -0.1) is 0 Å². The molecule has 0 aromatic heterocycles. The van der Waals surface area contributed by atoms with Crippen molar-refractivity contribution in [1.82, 2.24) is 0 Å². The SMILES string of the molecule is CCCCCCCC/C=C\CCCCCCCCCC(=O)OC(COCCCCCCCCCCCCCCCCCCCCCCCC)COP(=O)(O)OCC(O)CO. The Kier molecular flexibility index (Phi) is 47.0. The number of aliphatic hydroxyl groups is 2. The van der Waals surface area contributed by atoms with E-state index in [1.807, 2.05) is 0 Å². The van der Waals surface area contributed by atoms with Crippen LogP contribution in [0.25, 0.3) is 0 Å². The number of esters is 1. The molecule has 3 N–H and O–H groups in total. The summed E-state index contributed by atoms with van der Waals surface area (Å²) < 4.78 is 33.5. The monoisotopic (exact) mass is 875 g/mol. The number of phosphoric acid groups is 1. The fraction of sp³-hybridized carbons (Fsp3) is 0.940. The fourth-order valence-electron chi connectivity index (χ4n) is 7.53. The molecule has 0 aromatic rings. The first-order valence-electron chi connectivity index (χ1n) is 25.7. The summed E-state index contributed by atoms with van der Waals surface area (Å²) >= 11 is 0. The third kappa shape index (κ3) is 46.7. The number of ether oxygens (including phenoxy) is 2. The van der Waals surface area contributed by atoms with E-state index < -0.39 is 33.2 Å². The third-order valence-electron chi connectivity index (χ3n) is 11.5. The molecule has 3 unspecified atom stereocenters. The third-order valence-corrected chi connectivity index (χ3v) is 12.4. The molecule has 0 saturated heterocycles. The van der Waals surface area contributed by atoms with Gasteiger partial charge in [-0.25, -0.2) is 4.57 Å². The lowest BCUT2D eigenvalue weighted by atomic mass is 10.0. The summed E-state index contributed by atoms with van der Waals surface area (Å²) in [5.41, 5.74) is 0. The molecule has 10 heteroatoms. The molecule has 0 radical (unpaired) electrons. The van der Waals surface area contributed by atoms with Crippen LogP contribution in [0.1, 0.15) is 258 Å². The molecular weight excluding hydrogens is 776 g/mol. The quantitative estimate of drug-likeness (QED) is 0.0236. The van der Waals surface area contributed by atoms with Gasteiger partial charge in [0.05, 0.1) is 26.4 Å². The number of unbranched alkanes of at least 4 members (excludes halogenated alkanes) is 34. The Hall–Kier alpha value is -0.800. The van der Waals surface area contributed by atoms with Crippen LogP contribution in [0.5, 0.6) is 0 Å². The van der Waals surface area contributed by atoms with Gasteiger partial charge in [0.15, 0.2) is 0 Å². The van der Waals surface area contributed by atoms with Gasteiger partial charge in [0.2, 0.25) is 0 Å². The van der Waals surface area contributed by atoms with Gasteiger partial charge >= 0.3 is 13.8 Å². The molecule has 0 aliphatic rings. The first-order chi connectivity index (χ1) is 29.3. The average molecular weight is 875 g/mol. The number of rotatable bonds is 50. The van der Waals surface area contributed by atoms with E-state index in [9.17, 15) is 19.4 Å². The minimum absolute atomic E-state index is 0.0541. The maximum absolute atomic E-state index is 12.7. The van der Waals surface area contributed by atoms with Crippen LogP contribution in [-0.4, -0.2) is 66.3 Å². The summed E-state index contributed by atoms with van der Waals surface area (Å²) in [5.74, 6) is -0.381. The van der Waals surface area contributed by atoms with E-state index in [4.69, 9.17) is 23.6 Å². The van der Waals surface area contributed by atoms with Crippen molar-refractivity contribution in [3.63, 3.8) is 0 Å². The Morgan fingerprint density at radius 1 is 0.500 bits per heavy atom. The largest absolute Gasteiger partial charge is 0.472 e. The highest BCUT2D eigenvalue weighted by Gasteiger charge is 2.26. The molecule has 3 atom stereocenters. The minimum Gasteiger partial charge on any atom is -0.457 e. The van der Waals surface area contributed by atoms with Crippen molar-refractivity contribution in [3.8, 4) is 0 Å². The summed E-state index contributed by atoms with van der Waals surface area (Å²) in [4.78, 5) is 22.7. The lowest BCUT2D eigenvalue weighted by Crippen LogP contribution is -2.29. The van der Waals surface area contributed by atoms with Crippen LogP contribution in [0, 0.1) is 0 Å². The van der Waals surface area contributed by atoms with Gasteiger partial charge in [0, 0.05) is 13.0 Å². The summed E-state index contributed by atoms with van der Waals surface area (Å²) in [6, 6.07) is 0. The van der Waals surface area contributed by atoms with Crippen LogP contribution in [0.3, 0.4) is 0 Å². The minimum atomic E-state index is -4.52. The molecular formula is C50H99O9P. The second kappa shape index (κ2) is 47.7. The van der Waals surface area contributed by atoms with Crippen molar-refractivity contribution >= 4 is 13.8 Å². The van der Waals surface area contributed by atoms with E-state index in [1.165, 1.54) is 199 Å². The Morgan fingerprint density at radius 2 is 0.850 bits per heavy atom. The fourth-order valence-corrected chi connectivity index (χ4v) is 8.32. The van der Waals surface area contributed by atoms with Crippen LogP contribution in [-0.2, 0) is 27.9 Å². The van der Waals surface area contributed by atoms with Crippen molar-refractivity contribution in [2.45, 2.75) is 270 Å². The van der Waals surface area contributed by atoms with Crippen LogP contribution in [0.15, 0.2) is 12.2 Å². The second-order valence-corrected chi connectivity index (χ2v) is 19.0. The highest BCUT2D eigenvalue weighted by Crippen LogP contribution is 2.43. The van der Waals surface area contributed by atoms with Crippen molar-refractivity contribution in [3.05, 3.63) is 12.2 Å². The van der Waals surface area contributed by atoms with Crippen molar-refractivity contribution in [2.75, 3.05) is 33.0 Å². The molecule has 9 nitrogen and oxygen atoms in total. The molecule has 0 bridgehead atoms. The molecule has 0 heterocycles. The Balaban J connectivity index is 4.02. The van der Waals surface area contributed by atoms with Crippen LogP contribution in [0.4, 0.5) is 0 Å². The predicted octanol–water partition coefficient (Wildman–Crippen LogP) is 14.8. The van der Waals surface area contributed by atoms with Crippen molar-refractivity contribution in [1.29, 1.82) is 0 Å². The van der Waals surface area contributed by atoms with Crippen LogP contribution in [0.2, 0.25) is 0 Å². The molecule has 0 saturated carbocycles. The van der Waals surface area contributed by atoms with E-state index in [0.717, 1.165) is 38.5 Å². The molecule has 0 aromatic carbocycles. The van der Waals surface area contributed by atoms with E-state index >= 15 is 0 Å². The van der Waals surface area contributed by atoms with Gasteiger partial charge in [-0.1, -0.05) is 225 Å². The number of phosphoric ester groups is 1. The molecule has 0 spiro atoms. The van der Waals surface area contributed by atoms with Gasteiger partial charge in [0.1, 0.15) is 12.2 Å². The topological polar surface area (TPSA) is 132 Å². The summed E-state index contributed by atoms with van der Waals surface area (Å²) in [5, 5.41) is 18.4. The van der Waals surface area contributed by atoms with Gasteiger partial charge < -0.3 is 24.6 Å². The predicted molar refractivity (Wildman–Crippen MR) is 251 cm³/mol. The molecule has 60 heavy (non-hydrogen) atoms. The lowest BCUT2D eigenvalue weighted by molar-refractivity contribution is -0.154. The average Bonchev–Trinajstić information content (AvgIpc) is 3.24. The standard InChI is InChI=1S/C50H99O9P/c1-3-5-7-9-11-13-15-17-19-21-22-23-24-25-27-29-31-33-35-37-39-41-43-56-46-49(47-58-60(54,55)57-45-48(52)44-51)59-50(53)42-40-38-36-34-32-30-28-26-20-18-16-14-12-10-8-6-4-2/h18,20,48-49,51-52H,3-17,19,21-47H2,1-2H3,(H,54,55)/b20-18-. The summed E-state index contributed by atoms with van der Waals surface area (Å²) in [6.07, 6.45) is 50.4. The maximum atomic E-state index is 12.7. The zero-order valence-corrected chi connectivity index (χ0v) is 40.3. The molecule has 0 aliphatic heterocycles. The van der Waals surface area contributed by atoms with Crippen molar-refractivity contribution in [2.24, 2.45) is 0 Å². The van der Waals surface area contributed by atoms with E-state index in [0.29, 0.717) is 6.61 Å². The second-order valence-electron chi connectivity index (χ2n) is 17.5. The van der Waals surface area contributed by atoms with E-state index in [1.54, 1.807) is 0 Å². The zero-order valence-electron chi connectivity index (χ0n) is 39.5. The van der Waals surface area contributed by atoms with Crippen LogP contribution < -0.4 is 0 Å². The Labute approximate surface area is 370 Å². The number of carbonyl (C=O) groups is 1. The van der Waals surface area contributed by atoms with E-state index in [-0.39, 0.29) is 25.6 Å². The first kappa shape index (κ1) is 59.2. The maximum Gasteiger partial charge on any atom is 0.472 e. The molecule has 0 amide bonds.